The minimum Gasteiger partial charge on any atom is -0.303 e. The van der Waals surface area contributed by atoms with Gasteiger partial charge in [-0.3, -0.25) is 4.79 Å². The number of nitrogens with one attached hydrogen (secondary N) is 2. The van der Waals surface area contributed by atoms with E-state index in [1.165, 1.54) is 21.6 Å². The van der Waals surface area contributed by atoms with E-state index in [9.17, 15) is 4.79 Å². The largest absolute Gasteiger partial charge is 0.303 e. The molecule has 3 rings (SSSR count). The maximum absolute atomic E-state index is 12.8. The number of aryl methyl sites for hydroxylation is 2. The van der Waals surface area contributed by atoms with Crippen LogP contribution < -0.4 is 10.6 Å². The molecule has 0 aliphatic heterocycles. The van der Waals surface area contributed by atoms with Gasteiger partial charge in [0.2, 0.25) is 5.91 Å². The molecule has 2 atom stereocenters. The topological polar surface area (TPSA) is 54.0 Å². The lowest BCUT2D eigenvalue weighted by Crippen LogP contribution is -2.47. The molecular formula is C22H31N3OS. The number of hydrogen-bond acceptors (Lipinski definition) is 4. The van der Waals surface area contributed by atoms with Crippen molar-refractivity contribution in [1.29, 1.82) is 0 Å². The lowest BCUT2D eigenvalue weighted by Gasteiger charge is -2.29. The predicted octanol–water partition coefficient (Wildman–Crippen LogP) is 4.83. The summed E-state index contributed by atoms with van der Waals surface area (Å²) in [7, 11) is 0. The van der Waals surface area contributed by atoms with Crippen LogP contribution in [0.2, 0.25) is 0 Å². The van der Waals surface area contributed by atoms with Gasteiger partial charge in [0.05, 0.1) is 6.04 Å². The van der Waals surface area contributed by atoms with Gasteiger partial charge >= 0.3 is 0 Å². The van der Waals surface area contributed by atoms with Crippen LogP contribution in [0.4, 0.5) is 5.13 Å². The second-order valence-corrected chi connectivity index (χ2v) is 8.99. The van der Waals surface area contributed by atoms with Crippen molar-refractivity contribution in [2.24, 2.45) is 0 Å². The Labute approximate surface area is 166 Å². The van der Waals surface area contributed by atoms with Gasteiger partial charge in [0.25, 0.3) is 0 Å². The van der Waals surface area contributed by atoms with Gasteiger partial charge in [-0.05, 0) is 49.7 Å². The number of thiazole rings is 1. The molecule has 1 aromatic heterocycles. The first-order valence-corrected chi connectivity index (χ1v) is 10.9. The molecule has 0 bridgehead atoms. The number of carbonyl (C=O) groups is 1. The summed E-state index contributed by atoms with van der Waals surface area (Å²) in [6, 6.07) is 6.92. The Kier molecular flexibility index (Phi) is 6.66. The fourth-order valence-corrected chi connectivity index (χ4v) is 4.51. The van der Waals surface area contributed by atoms with Crippen LogP contribution in [0.25, 0.3) is 0 Å². The monoisotopic (exact) mass is 385 g/mol. The quantitative estimate of drug-likeness (QED) is 0.718. The number of amides is 1. The van der Waals surface area contributed by atoms with Crippen molar-refractivity contribution in [1.82, 2.24) is 10.3 Å². The highest BCUT2D eigenvalue weighted by atomic mass is 32.1. The Morgan fingerprint density at radius 3 is 2.85 bits per heavy atom. The van der Waals surface area contributed by atoms with Crippen molar-refractivity contribution in [3.8, 4) is 0 Å². The maximum Gasteiger partial charge on any atom is 0.243 e. The summed E-state index contributed by atoms with van der Waals surface area (Å²) in [6.45, 7) is 8.56. The Bertz CT molecular complexity index is 784. The molecule has 0 radical (unpaired) electrons. The first-order valence-electron chi connectivity index (χ1n) is 10.1. The zero-order valence-electron chi connectivity index (χ0n) is 16.8. The highest BCUT2D eigenvalue weighted by molar-refractivity contribution is 7.15. The fourth-order valence-electron chi connectivity index (χ4n) is 3.69. The molecule has 1 unspecified atom stereocenters. The summed E-state index contributed by atoms with van der Waals surface area (Å²) in [4.78, 5) is 18.4. The predicted molar refractivity (Wildman–Crippen MR) is 114 cm³/mol. The molecule has 2 aromatic rings. The first kappa shape index (κ1) is 20.0. The average molecular weight is 386 g/mol. The van der Waals surface area contributed by atoms with Crippen LogP contribution in [0.3, 0.4) is 0 Å². The molecule has 1 amide bonds. The second-order valence-electron chi connectivity index (χ2n) is 7.93. The summed E-state index contributed by atoms with van der Waals surface area (Å²) in [6.07, 6.45) is 6.84. The fraction of sp³-hybridized carbons (Fsp3) is 0.545. The van der Waals surface area contributed by atoms with E-state index in [2.05, 4.69) is 61.5 Å². The summed E-state index contributed by atoms with van der Waals surface area (Å²) < 4.78 is 0. The van der Waals surface area contributed by atoms with Gasteiger partial charge in [0.1, 0.15) is 0 Å². The van der Waals surface area contributed by atoms with Crippen LogP contribution in [0.1, 0.15) is 67.5 Å². The lowest BCUT2D eigenvalue weighted by molar-refractivity contribution is -0.118. The standard InChI is InChI=1S/C22H31N3OS/c1-5-6-19(21(26)25-22-23-13-20(27-22)14(2)3)24-18-10-9-16-11-15(4)7-8-17(16)12-18/h7-8,11,13-14,18-19,24H,5-6,9-10,12H2,1-4H3,(H,23,25,26)/t18?,19-/m0/s1. The molecule has 0 fully saturated rings. The minimum absolute atomic E-state index is 0.0382. The first-order chi connectivity index (χ1) is 13.0. The van der Waals surface area contributed by atoms with E-state index in [1.807, 2.05) is 6.20 Å². The molecule has 27 heavy (non-hydrogen) atoms. The number of rotatable bonds is 7. The number of anilines is 1. The molecule has 0 saturated heterocycles. The molecule has 0 spiro atoms. The van der Waals surface area contributed by atoms with Crippen LogP contribution in [-0.4, -0.2) is 23.0 Å². The highest BCUT2D eigenvalue weighted by Crippen LogP contribution is 2.26. The summed E-state index contributed by atoms with van der Waals surface area (Å²) in [5, 5.41) is 7.36. The van der Waals surface area contributed by atoms with Crippen molar-refractivity contribution in [3.05, 3.63) is 46.0 Å². The van der Waals surface area contributed by atoms with Crippen LogP contribution in [-0.2, 0) is 17.6 Å². The van der Waals surface area contributed by atoms with Crippen LogP contribution in [0.15, 0.2) is 24.4 Å². The normalized spacial score (nSPS) is 17.6. The van der Waals surface area contributed by atoms with Gasteiger partial charge < -0.3 is 10.6 Å². The zero-order chi connectivity index (χ0) is 19.4. The number of nitrogens with zero attached hydrogens (tertiary/aromatic N) is 1. The number of aromatic nitrogens is 1. The molecule has 1 heterocycles. The summed E-state index contributed by atoms with van der Waals surface area (Å²) >= 11 is 1.57. The van der Waals surface area contributed by atoms with E-state index in [0.29, 0.717) is 17.1 Å². The number of hydrogen-bond donors (Lipinski definition) is 2. The Hall–Kier alpha value is -1.72. The van der Waals surface area contributed by atoms with E-state index >= 15 is 0 Å². The third-order valence-corrected chi connectivity index (χ3v) is 6.46. The second kappa shape index (κ2) is 8.98. The van der Waals surface area contributed by atoms with E-state index in [1.54, 1.807) is 11.3 Å². The van der Waals surface area contributed by atoms with Crippen molar-refractivity contribution in [2.45, 2.75) is 77.8 Å². The van der Waals surface area contributed by atoms with Crippen LogP contribution in [0.5, 0.6) is 0 Å². The van der Waals surface area contributed by atoms with Crippen molar-refractivity contribution in [2.75, 3.05) is 5.32 Å². The number of benzene rings is 1. The lowest BCUT2D eigenvalue weighted by atomic mass is 9.87. The van der Waals surface area contributed by atoms with Gasteiger partial charge in [-0.25, -0.2) is 4.98 Å². The smallest absolute Gasteiger partial charge is 0.243 e. The summed E-state index contributed by atoms with van der Waals surface area (Å²) in [5.41, 5.74) is 4.21. The highest BCUT2D eigenvalue weighted by Gasteiger charge is 2.25. The molecular weight excluding hydrogens is 354 g/mol. The third kappa shape index (κ3) is 5.17. The van der Waals surface area contributed by atoms with Gasteiger partial charge in [0.15, 0.2) is 5.13 Å². The zero-order valence-corrected chi connectivity index (χ0v) is 17.7. The van der Waals surface area contributed by atoms with Gasteiger partial charge in [0, 0.05) is 17.1 Å². The maximum atomic E-state index is 12.8. The Morgan fingerprint density at radius 1 is 1.33 bits per heavy atom. The van der Waals surface area contributed by atoms with E-state index < -0.39 is 0 Å². The number of fused-ring (bicyclic) bond motifs is 1. The van der Waals surface area contributed by atoms with Crippen LogP contribution in [0, 0.1) is 6.92 Å². The Balaban J connectivity index is 1.63. The molecule has 2 N–H and O–H groups in total. The molecule has 4 nitrogen and oxygen atoms in total. The minimum atomic E-state index is -0.168. The molecule has 1 aromatic carbocycles. The molecule has 5 heteroatoms. The average Bonchev–Trinajstić information content (AvgIpc) is 3.10. The van der Waals surface area contributed by atoms with E-state index in [-0.39, 0.29) is 11.9 Å². The van der Waals surface area contributed by atoms with Crippen molar-refractivity contribution >= 4 is 22.4 Å². The SMILES string of the molecule is CCC[C@H](NC1CCc2cc(C)ccc2C1)C(=O)Nc1ncc(C(C)C)s1. The number of carbonyl (C=O) groups excluding carboxylic acids is 1. The van der Waals surface area contributed by atoms with Crippen molar-refractivity contribution in [3.63, 3.8) is 0 Å². The van der Waals surface area contributed by atoms with E-state index in [0.717, 1.165) is 32.1 Å². The van der Waals surface area contributed by atoms with Gasteiger partial charge in [-0.1, -0.05) is 51.0 Å². The van der Waals surface area contributed by atoms with Gasteiger partial charge in [-0.15, -0.1) is 11.3 Å². The van der Waals surface area contributed by atoms with Crippen molar-refractivity contribution < 1.29 is 4.79 Å². The summed E-state index contributed by atoms with van der Waals surface area (Å²) in [5.74, 6) is 0.472. The van der Waals surface area contributed by atoms with Gasteiger partial charge in [-0.2, -0.15) is 0 Å². The molecule has 146 valence electrons. The molecule has 0 saturated carbocycles. The van der Waals surface area contributed by atoms with E-state index in [4.69, 9.17) is 0 Å². The Morgan fingerprint density at radius 2 is 2.15 bits per heavy atom. The molecule has 1 aliphatic carbocycles. The third-order valence-electron chi connectivity index (χ3n) is 5.24. The van der Waals surface area contributed by atoms with Crippen LogP contribution >= 0.6 is 11.3 Å². The molecule has 1 aliphatic rings.